The monoisotopic (exact) mass is 401 g/mol. The number of carbonyl (C=O) groups is 1. The fourth-order valence-electron chi connectivity index (χ4n) is 3.26. The summed E-state index contributed by atoms with van der Waals surface area (Å²) in [6.45, 7) is 6.06. The minimum absolute atomic E-state index is 0.00643. The molecule has 3 rings (SSSR count). The van der Waals surface area contributed by atoms with Gasteiger partial charge in [-0.25, -0.2) is 0 Å². The number of likely N-dealkylation sites (N-methyl/N-ethyl adjacent to an activating group) is 1. The molecule has 1 fully saturated rings. The Labute approximate surface area is 172 Å². The molecular weight excluding hydrogens is 374 g/mol. The maximum atomic E-state index is 12.2. The largest absolute Gasteiger partial charge is 0.379 e. The topological polar surface area (TPSA) is 44.8 Å². The van der Waals surface area contributed by atoms with Crippen molar-refractivity contribution in [3.63, 3.8) is 0 Å². The first-order chi connectivity index (χ1) is 13.6. The van der Waals surface area contributed by atoms with Crippen molar-refractivity contribution in [2.75, 3.05) is 39.9 Å². The molecule has 150 valence electrons. The van der Waals surface area contributed by atoms with Crippen LogP contribution in [0.25, 0.3) is 0 Å². The molecule has 1 N–H and O–H groups in total. The summed E-state index contributed by atoms with van der Waals surface area (Å²) in [6, 6.07) is 16.2. The minimum atomic E-state index is 0.00643. The highest BCUT2D eigenvalue weighted by molar-refractivity contribution is 6.31. The van der Waals surface area contributed by atoms with Crippen LogP contribution in [0, 0.1) is 0 Å². The standard InChI is InChI=1S/C22H28ClN3O2/c1-25(16-20-4-2-3-5-21(20)23)17-22(27)24-14-18-6-8-19(9-7-18)15-26-10-12-28-13-11-26/h2-9H,10-17H2,1H3,(H,24,27). The highest BCUT2D eigenvalue weighted by Crippen LogP contribution is 2.16. The maximum Gasteiger partial charge on any atom is 0.234 e. The number of hydrogen-bond acceptors (Lipinski definition) is 4. The van der Waals surface area contributed by atoms with E-state index in [1.54, 1.807) is 0 Å². The Morgan fingerprint density at radius 2 is 1.79 bits per heavy atom. The van der Waals surface area contributed by atoms with Crippen LogP contribution in [0.1, 0.15) is 16.7 Å². The van der Waals surface area contributed by atoms with Gasteiger partial charge in [0.1, 0.15) is 0 Å². The number of rotatable bonds is 8. The number of hydrogen-bond donors (Lipinski definition) is 1. The predicted molar refractivity (Wildman–Crippen MR) is 112 cm³/mol. The number of nitrogens with one attached hydrogen (secondary N) is 1. The van der Waals surface area contributed by atoms with Crippen LogP contribution in [-0.2, 0) is 29.2 Å². The molecular formula is C22H28ClN3O2. The van der Waals surface area contributed by atoms with Crippen LogP contribution >= 0.6 is 11.6 Å². The Balaban J connectivity index is 1.40. The number of benzene rings is 2. The van der Waals surface area contributed by atoms with Gasteiger partial charge >= 0.3 is 0 Å². The zero-order valence-electron chi connectivity index (χ0n) is 16.4. The van der Waals surface area contributed by atoms with E-state index in [0.29, 0.717) is 19.6 Å². The number of nitrogens with zero attached hydrogens (tertiary/aromatic N) is 2. The summed E-state index contributed by atoms with van der Waals surface area (Å²) in [4.78, 5) is 16.6. The lowest BCUT2D eigenvalue weighted by Gasteiger charge is -2.26. The van der Waals surface area contributed by atoms with Gasteiger partial charge in [-0.3, -0.25) is 14.6 Å². The lowest BCUT2D eigenvalue weighted by Crippen LogP contribution is -2.35. The Bertz CT molecular complexity index is 761. The van der Waals surface area contributed by atoms with Crippen molar-refractivity contribution < 1.29 is 9.53 Å². The zero-order chi connectivity index (χ0) is 19.8. The molecule has 0 atom stereocenters. The highest BCUT2D eigenvalue weighted by atomic mass is 35.5. The second-order valence-electron chi connectivity index (χ2n) is 7.25. The number of amides is 1. The molecule has 28 heavy (non-hydrogen) atoms. The molecule has 1 amide bonds. The first-order valence-electron chi connectivity index (χ1n) is 9.67. The van der Waals surface area contributed by atoms with E-state index in [1.807, 2.05) is 36.2 Å². The van der Waals surface area contributed by atoms with Gasteiger partial charge in [0.2, 0.25) is 5.91 Å². The molecule has 0 spiro atoms. The molecule has 0 radical (unpaired) electrons. The van der Waals surface area contributed by atoms with Gasteiger partial charge in [-0.1, -0.05) is 54.1 Å². The Kier molecular flexibility index (Phi) is 7.86. The van der Waals surface area contributed by atoms with Crippen molar-refractivity contribution >= 4 is 17.5 Å². The van der Waals surface area contributed by atoms with Crippen molar-refractivity contribution in [1.29, 1.82) is 0 Å². The molecule has 0 bridgehead atoms. The summed E-state index contributed by atoms with van der Waals surface area (Å²) in [5.41, 5.74) is 3.42. The van der Waals surface area contributed by atoms with Gasteiger partial charge in [0.25, 0.3) is 0 Å². The van der Waals surface area contributed by atoms with Crippen LogP contribution in [0.15, 0.2) is 48.5 Å². The molecule has 1 aliphatic rings. The van der Waals surface area contributed by atoms with E-state index >= 15 is 0 Å². The van der Waals surface area contributed by atoms with E-state index < -0.39 is 0 Å². The Morgan fingerprint density at radius 1 is 1.11 bits per heavy atom. The Hall–Kier alpha value is -1.92. The average Bonchev–Trinajstić information content (AvgIpc) is 2.70. The van der Waals surface area contributed by atoms with Gasteiger partial charge < -0.3 is 10.1 Å². The minimum Gasteiger partial charge on any atom is -0.379 e. The summed E-state index contributed by atoms with van der Waals surface area (Å²) in [5, 5.41) is 3.72. The highest BCUT2D eigenvalue weighted by Gasteiger charge is 2.11. The first-order valence-corrected chi connectivity index (χ1v) is 10.0. The smallest absolute Gasteiger partial charge is 0.234 e. The third-order valence-corrected chi connectivity index (χ3v) is 5.20. The number of morpholine rings is 1. The van der Waals surface area contributed by atoms with Gasteiger partial charge in [0.15, 0.2) is 0 Å². The summed E-state index contributed by atoms with van der Waals surface area (Å²) in [6.07, 6.45) is 0. The van der Waals surface area contributed by atoms with Gasteiger partial charge in [0, 0.05) is 37.7 Å². The van der Waals surface area contributed by atoms with E-state index in [-0.39, 0.29) is 5.91 Å². The average molecular weight is 402 g/mol. The number of ether oxygens (including phenoxy) is 1. The lowest BCUT2D eigenvalue weighted by molar-refractivity contribution is -0.122. The van der Waals surface area contributed by atoms with Crippen LogP contribution in [0.3, 0.4) is 0 Å². The van der Waals surface area contributed by atoms with Crippen LogP contribution in [-0.4, -0.2) is 55.6 Å². The molecule has 5 nitrogen and oxygen atoms in total. The van der Waals surface area contributed by atoms with E-state index in [2.05, 4.69) is 34.5 Å². The van der Waals surface area contributed by atoms with E-state index in [0.717, 1.165) is 49.0 Å². The molecule has 1 aliphatic heterocycles. The number of halogens is 1. The van der Waals surface area contributed by atoms with E-state index in [1.165, 1.54) is 5.56 Å². The lowest BCUT2D eigenvalue weighted by atomic mass is 10.1. The fraction of sp³-hybridized carbons (Fsp3) is 0.409. The molecule has 1 heterocycles. The number of carbonyl (C=O) groups excluding carboxylic acids is 1. The zero-order valence-corrected chi connectivity index (χ0v) is 17.1. The van der Waals surface area contributed by atoms with Crippen LogP contribution in [0.5, 0.6) is 0 Å². The van der Waals surface area contributed by atoms with Gasteiger partial charge in [-0.15, -0.1) is 0 Å². The predicted octanol–water partition coefficient (Wildman–Crippen LogP) is 2.92. The van der Waals surface area contributed by atoms with Crippen molar-refractivity contribution in [2.45, 2.75) is 19.6 Å². The second-order valence-corrected chi connectivity index (χ2v) is 7.65. The van der Waals surface area contributed by atoms with E-state index in [4.69, 9.17) is 16.3 Å². The first kappa shape index (κ1) is 20.8. The van der Waals surface area contributed by atoms with Gasteiger partial charge in [0.05, 0.1) is 19.8 Å². The third-order valence-electron chi connectivity index (χ3n) is 4.83. The molecule has 0 aliphatic carbocycles. The molecule has 1 saturated heterocycles. The molecule has 2 aromatic carbocycles. The van der Waals surface area contributed by atoms with Crippen molar-refractivity contribution in [2.24, 2.45) is 0 Å². The maximum absolute atomic E-state index is 12.2. The summed E-state index contributed by atoms with van der Waals surface area (Å²) >= 11 is 6.18. The van der Waals surface area contributed by atoms with Gasteiger partial charge in [-0.05, 0) is 29.8 Å². The van der Waals surface area contributed by atoms with Crippen LogP contribution in [0.2, 0.25) is 5.02 Å². The van der Waals surface area contributed by atoms with Crippen molar-refractivity contribution in [3.8, 4) is 0 Å². The SMILES string of the molecule is CN(CC(=O)NCc1ccc(CN2CCOCC2)cc1)Cc1ccccc1Cl. The van der Waals surface area contributed by atoms with Crippen molar-refractivity contribution in [3.05, 3.63) is 70.2 Å². The summed E-state index contributed by atoms with van der Waals surface area (Å²) in [5.74, 6) is 0.00643. The normalized spacial score (nSPS) is 15.0. The molecule has 2 aromatic rings. The van der Waals surface area contributed by atoms with Gasteiger partial charge in [-0.2, -0.15) is 0 Å². The summed E-state index contributed by atoms with van der Waals surface area (Å²) in [7, 11) is 1.92. The molecule has 0 saturated carbocycles. The molecule has 0 unspecified atom stereocenters. The van der Waals surface area contributed by atoms with Crippen LogP contribution in [0.4, 0.5) is 0 Å². The van der Waals surface area contributed by atoms with Crippen LogP contribution < -0.4 is 5.32 Å². The quantitative estimate of drug-likeness (QED) is 0.738. The fourth-order valence-corrected chi connectivity index (χ4v) is 3.45. The molecule has 0 aromatic heterocycles. The Morgan fingerprint density at radius 3 is 2.50 bits per heavy atom. The molecule has 6 heteroatoms. The van der Waals surface area contributed by atoms with E-state index in [9.17, 15) is 4.79 Å². The van der Waals surface area contributed by atoms with Crippen molar-refractivity contribution in [1.82, 2.24) is 15.1 Å². The second kappa shape index (κ2) is 10.6. The third kappa shape index (κ3) is 6.60. The summed E-state index contributed by atoms with van der Waals surface area (Å²) < 4.78 is 5.39.